The van der Waals surface area contributed by atoms with E-state index in [2.05, 4.69) is 37.2 Å². The fourth-order valence-corrected chi connectivity index (χ4v) is 6.44. The fraction of sp³-hybridized carbons (Fsp3) is 0.364. The summed E-state index contributed by atoms with van der Waals surface area (Å²) < 4.78 is 28.0. The number of anilines is 2. The molecule has 0 radical (unpaired) electrons. The molecule has 9 heteroatoms. The van der Waals surface area contributed by atoms with Crippen molar-refractivity contribution in [2.24, 2.45) is 5.92 Å². The highest BCUT2D eigenvalue weighted by Gasteiger charge is 2.39. The highest BCUT2D eigenvalue weighted by Crippen LogP contribution is 2.41. The van der Waals surface area contributed by atoms with Crippen molar-refractivity contribution in [3.63, 3.8) is 0 Å². The number of aryl methyl sites for hydroxylation is 1. The molecule has 2 aromatic carbocycles. The number of halogens is 2. The zero-order valence-electron chi connectivity index (χ0n) is 17.0. The predicted octanol–water partition coefficient (Wildman–Crippen LogP) is 4.62. The fourth-order valence-electron chi connectivity index (χ4n) is 3.79. The van der Waals surface area contributed by atoms with Gasteiger partial charge in [0.1, 0.15) is 0 Å². The minimum Gasteiger partial charge on any atom is -0.326 e. The van der Waals surface area contributed by atoms with Gasteiger partial charge in [-0.15, -0.1) is 0 Å². The summed E-state index contributed by atoms with van der Waals surface area (Å²) in [7, 11) is -3.78. The average molecular weight is 570 g/mol. The number of sulfone groups is 1. The van der Waals surface area contributed by atoms with Crippen molar-refractivity contribution >= 4 is 64.9 Å². The van der Waals surface area contributed by atoms with Crippen LogP contribution in [0.2, 0.25) is 0 Å². The van der Waals surface area contributed by atoms with Crippen LogP contribution in [-0.4, -0.2) is 32.5 Å². The molecular formula is C22H22Br2N2O4S. The lowest BCUT2D eigenvalue weighted by atomic mass is 10.2. The van der Waals surface area contributed by atoms with Crippen LogP contribution in [0.3, 0.4) is 0 Å². The molecule has 2 aliphatic rings. The summed E-state index contributed by atoms with van der Waals surface area (Å²) in [5.74, 6) is -0.694. The molecule has 1 aliphatic carbocycles. The highest BCUT2D eigenvalue weighted by molar-refractivity contribution is 9.10. The smallest absolute Gasteiger partial charge is 0.230 e. The summed E-state index contributed by atoms with van der Waals surface area (Å²) in [5, 5.41) is 2.78. The van der Waals surface area contributed by atoms with Gasteiger partial charge in [-0.3, -0.25) is 9.59 Å². The topological polar surface area (TPSA) is 83.6 Å². The van der Waals surface area contributed by atoms with E-state index in [0.29, 0.717) is 28.8 Å². The molecule has 2 amide bonds. The van der Waals surface area contributed by atoms with Gasteiger partial charge in [0.25, 0.3) is 0 Å². The summed E-state index contributed by atoms with van der Waals surface area (Å²) in [5.41, 5.74) is 2.86. The number of amides is 2. The van der Waals surface area contributed by atoms with Gasteiger partial charge < -0.3 is 10.2 Å². The van der Waals surface area contributed by atoms with Crippen LogP contribution in [0.4, 0.5) is 11.4 Å². The molecule has 31 heavy (non-hydrogen) atoms. The lowest BCUT2D eigenvalue weighted by Crippen LogP contribution is -2.31. The molecule has 6 nitrogen and oxygen atoms in total. The first kappa shape index (κ1) is 22.5. The molecular weight excluding hydrogens is 548 g/mol. The maximum absolute atomic E-state index is 13.2. The van der Waals surface area contributed by atoms with Crippen LogP contribution in [0.15, 0.2) is 44.2 Å². The van der Waals surface area contributed by atoms with Crippen LogP contribution in [0, 0.1) is 12.8 Å². The van der Waals surface area contributed by atoms with Gasteiger partial charge in [0.15, 0.2) is 9.84 Å². The standard InChI is InChI=1S/C22H22Br2N2O4S/c1-13-10-16(23)4-5-18(13)25-20(27)7-9-31(29,30)19-12-17(24)11-15-6-8-26(21(15)19)22(28)14-2-3-14/h4-5,10-12,14H,2-3,6-9H2,1H3,(H,25,27). The minimum atomic E-state index is -3.78. The SMILES string of the molecule is Cc1cc(Br)ccc1NC(=O)CCS(=O)(=O)c1cc(Br)cc2c1N(C(=O)C1CC1)CC2. The van der Waals surface area contributed by atoms with E-state index in [0.717, 1.165) is 28.4 Å². The molecule has 0 bridgehead atoms. The summed E-state index contributed by atoms with van der Waals surface area (Å²) in [4.78, 5) is 26.9. The Morgan fingerprint density at radius 1 is 1.13 bits per heavy atom. The number of nitrogens with one attached hydrogen (secondary N) is 1. The maximum Gasteiger partial charge on any atom is 0.230 e. The monoisotopic (exact) mass is 568 g/mol. The van der Waals surface area contributed by atoms with Crippen molar-refractivity contribution in [2.45, 2.75) is 37.5 Å². The van der Waals surface area contributed by atoms with Crippen molar-refractivity contribution in [3.8, 4) is 0 Å². The second-order valence-corrected chi connectivity index (χ2v) is 11.9. The van der Waals surface area contributed by atoms with E-state index in [9.17, 15) is 18.0 Å². The molecule has 0 spiro atoms. The number of hydrogen-bond acceptors (Lipinski definition) is 4. The zero-order valence-corrected chi connectivity index (χ0v) is 20.9. The second kappa shape index (κ2) is 8.67. The number of hydrogen-bond donors (Lipinski definition) is 1. The van der Waals surface area contributed by atoms with E-state index in [-0.39, 0.29) is 34.8 Å². The van der Waals surface area contributed by atoms with Crippen LogP contribution in [0.5, 0.6) is 0 Å². The summed E-state index contributed by atoms with van der Waals surface area (Å²) >= 11 is 6.77. The molecule has 1 saturated carbocycles. The Kier molecular flexibility index (Phi) is 6.29. The Labute approximate surface area is 198 Å². The number of rotatable bonds is 6. The van der Waals surface area contributed by atoms with Gasteiger partial charge in [0.05, 0.1) is 16.3 Å². The molecule has 0 aromatic heterocycles. The lowest BCUT2D eigenvalue weighted by molar-refractivity contribution is -0.119. The Balaban J connectivity index is 1.54. The van der Waals surface area contributed by atoms with Crippen molar-refractivity contribution < 1.29 is 18.0 Å². The molecule has 164 valence electrons. The number of carbonyl (C=O) groups excluding carboxylic acids is 2. The van der Waals surface area contributed by atoms with Crippen molar-refractivity contribution in [1.29, 1.82) is 0 Å². The Hall–Kier alpha value is -1.71. The first-order valence-corrected chi connectivity index (χ1v) is 13.3. The zero-order chi connectivity index (χ0) is 22.3. The van der Waals surface area contributed by atoms with Crippen LogP contribution in [0.1, 0.15) is 30.4 Å². The van der Waals surface area contributed by atoms with Crippen molar-refractivity contribution in [2.75, 3.05) is 22.5 Å². The van der Waals surface area contributed by atoms with Crippen molar-refractivity contribution in [3.05, 3.63) is 50.4 Å². The van der Waals surface area contributed by atoms with E-state index in [1.165, 1.54) is 0 Å². The van der Waals surface area contributed by atoms with Crippen LogP contribution < -0.4 is 10.2 Å². The van der Waals surface area contributed by atoms with Gasteiger partial charge in [-0.2, -0.15) is 0 Å². The second-order valence-electron chi connectivity index (χ2n) is 8.00. The quantitative estimate of drug-likeness (QED) is 0.550. The van der Waals surface area contributed by atoms with Gasteiger partial charge in [0.2, 0.25) is 11.8 Å². The summed E-state index contributed by atoms with van der Waals surface area (Å²) in [6, 6.07) is 8.88. The minimum absolute atomic E-state index is 0.000907. The van der Waals surface area contributed by atoms with E-state index in [1.54, 1.807) is 17.0 Å². The predicted molar refractivity (Wildman–Crippen MR) is 127 cm³/mol. The molecule has 2 aromatic rings. The van der Waals surface area contributed by atoms with Crippen LogP contribution in [0.25, 0.3) is 0 Å². The van der Waals surface area contributed by atoms with E-state index >= 15 is 0 Å². The third kappa shape index (κ3) is 4.88. The first-order chi connectivity index (χ1) is 14.7. The third-order valence-electron chi connectivity index (χ3n) is 5.58. The maximum atomic E-state index is 13.2. The number of nitrogens with zero attached hydrogens (tertiary/aromatic N) is 1. The van der Waals surface area contributed by atoms with E-state index in [1.807, 2.05) is 25.1 Å². The molecule has 0 saturated heterocycles. The van der Waals surface area contributed by atoms with Gasteiger partial charge in [-0.1, -0.05) is 31.9 Å². The normalized spacial score (nSPS) is 15.6. The first-order valence-electron chi connectivity index (χ1n) is 10.1. The molecule has 1 N–H and O–H groups in total. The Morgan fingerprint density at radius 2 is 1.87 bits per heavy atom. The summed E-state index contributed by atoms with van der Waals surface area (Å²) in [6.45, 7) is 2.36. The molecule has 1 aliphatic heterocycles. The van der Waals surface area contributed by atoms with E-state index in [4.69, 9.17) is 0 Å². The van der Waals surface area contributed by atoms with Crippen molar-refractivity contribution in [1.82, 2.24) is 0 Å². The van der Waals surface area contributed by atoms with Gasteiger partial charge in [0, 0.05) is 33.5 Å². The number of benzene rings is 2. The average Bonchev–Trinajstić information content (AvgIpc) is 3.47. The summed E-state index contributed by atoms with van der Waals surface area (Å²) in [6.07, 6.45) is 2.17. The number of fused-ring (bicyclic) bond motifs is 1. The van der Waals surface area contributed by atoms with Gasteiger partial charge in [-0.25, -0.2) is 8.42 Å². The third-order valence-corrected chi connectivity index (χ3v) is 8.26. The number of carbonyl (C=O) groups is 2. The van der Waals surface area contributed by atoms with Crippen LogP contribution >= 0.6 is 31.9 Å². The Bertz CT molecular complexity index is 1180. The molecule has 4 rings (SSSR count). The highest BCUT2D eigenvalue weighted by atomic mass is 79.9. The van der Waals surface area contributed by atoms with Gasteiger partial charge >= 0.3 is 0 Å². The van der Waals surface area contributed by atoms with E-state index < -0.39 is 9.84 Å². The largest absolute Gasteiger partial charge is 0.326 e. The lowest BCUT2D eigenvalue weighted by Gasteiger charge is -2.21. The molecule has 0 atom stereocenters. The molecule has 0 unspecified atom stereocenters. The van der Waals surface area contributed by atoms with Crippen LogP contribution in [-0.2, 0) is 25.8 Å². The molecule has 1 heterocycles. The molecule has 1 fully saturated rings. The Morgan fingerprint density at radius 3 is 2.55 bits per heavy atom. The van der Waals surface area contributed by atoms with Gasteiger partial charge in [-0.05, 0) is 67.6 Å².